The van der Waals surface area contributed by atoms with Gasteiger partial charge in [-0.25, -0.2) is 0 Å². The molecule has 0 saturated heterocycles. The van der Waals surface area contributed by atoms with Crippen molar-refractivity contribution in [2.45, 2.75) is 13.0 Å². The van der Waals surface area contributed by atoms with Gasteiger partial charge in [0.15, 0.2) is 11.5 Å². The predicted molar refractivity (Wildman–Crippen MR) is 91.6 cm³/mol. The summed E-state index contributed by atoms with van der Waals surface area (Å²) in [5.74, 6) is 1.23. The first-order chi connectivity index (χ1) is 11.5. The van der Waals surface area contributed by atoms with Gasteiger partial charge in [0.25, 0.3) is 5.56 Å². The Bertz CT molecular complexity index is 755. The minimum atomic E-state index is -0.181. The minimum Gasteiger partial charge on any atom is -0.493 e. The normalized spacial score (nSPS) is 10.3. The van der Waals surface area contributed by atoms with Crippen molar-refractivity contribution >= 4 is 5.91 Å². The van der Waals surface area contributed by atoms with Crippen LogP contribution in [0.4, 0.5) is 0 Å². The summed E-state index contributed by atoms with van der Waals surface area (Å²) in [6.45, 7) is 0.595. The predicted octanol–water partition coefficient (Wildman–Crippen LogP) is 1.57. The molecule has 24 heavy (non-hydrogen) atoms. The number of carbonyl (C=O) groups excluding carboxylic acids is 1. The molecule has 0 radical (unpaired) electrons. The summed E-state index contributed by atoms with van der Waals surface area (Å²) in [6, 6.07) is 10.5. The van der Waals surface area contributed by atoms with Crippen molar-refractivity contribution in [3.05, 3.63) is 58.5 Å². The first-order valence-corrected chi connectivity index (χ1v) is 7.65. The number of hydrogen-bond donors (Lipinski definition) is 0. The van der Waals surface area contributed by atoms with Crippen LogP contribution in [0.15, 0.2) is 47.4 Å². The molecule has 2 aromatic rings. The largest absolute Gasteiger partial charge is 0.493 e. The minimum absolute atomic E-state index is 0.0438. The van der Waals surface area contributed by atoms with Crippen LogP contribution in [-0.2, 0) is 17.8 Å². The topological polar surface area (TPSA) is 60.8 Å². The van der Waals surface area contributed by atoms with Crippen LogP contribution in [0.1, 0.15) is 5.56 Å². The third-order valence-electron chi connectivity index (χ3n) is 3.81. The third-order valence-corrected chi connectivity index (χ3v) is 3.81. The lowest BCUT2D eigenvalue weighted by molar-refractivity contribution is -0.130. The number of methoxy groups -OCH3 is 2. The average Bonchev–Trinajstić information content (AvgIpc) is 2.61. The number of likely N-dealkylation sites (N-methyl/N-ethyl adjacent to an activating group) is 1. The van der Waals surface area contributed by atoms with Crippen molar-refractivity contribution in [1.29, 1.82) is 0 Å². The maximum Gasteiger partial charge on any atom is 0.250 e. The Balaban J connectivity index is 1.95. The summed E-state index contributed by atoms with van der Waals surface area (Å²) in [5, 5.41) is 0. The molecular formula is C18H22N2O4. The molecule has 0 aliphatic carbocycles. The number of nitrogens with zero attached hydrogens (tertiary/aromatic N) is 2. The average molecular weight is 330 g/mol. The van der Waals surface area contributed by atoms with E-state index in [4.69, 9.17) is 9.47 Å². The molecule has 0 atom stereocenters. The molecule has 0 bridgehead atoms. The number of pyridine rings is 1. The molecule has 0 fully saturated rings. The van der Waals surface area contributed by atoms with E-state index in [9.17, 15) is 9.59 Å². The zero-order chi connectivity index (χ0) is 17.5. The SMILES string of the molecule is COc1ccc(CCN(C)C(=O)Cn2ccccc2=O)cc1OC. The molecule has 0 aliphatic heterocycles. The van der Waals surface area contributed by atoms with Crippen LogP contribution in [0.5, 0.6) is 11.5 Å². The van der Waals surface area contributed by atoms with Gasteiger partial charge in [-0.2, -0.15) is 0 Å². The molecule has 1 heterocycles. The number of ether oxygens (including phenoxy) is 2. The van der Waals surface area contributed by atoms with Crippen molar-refractivity contribution in [3.8, 4) is 11.5 Å². The van der Waals surface area contributed by atoms with E-state index in [1.165, 1.54) is 10.6 Å². The molecule has 0 saturated carbocycles. The second-order valence-electron chi connectivity index (χ2n) is 5.42. The first-order valence-electron chi connectivity index (χ1n) is 7.65. The fraction of sp³-hybridized carbons (Fsp3) is 0.333. The number of aromatic nitrogens is 1. The van der Waals surface area contributed by atoms with Gasteiger partial charge in [0, 0.05) is 25.9 Å². The number of rotatable bonds is 7. The van der Waals surface area contributed by atoms with Gasteiger partial charge in [-0.3, -0.25) is 9.59 Å². The lowest BCUT2D eigenvalue weighted by atomic mass is 10.1. The van der Waals surface area contributed by atoms with Crippen LogP contribution in [-0.4, -0.2) is 43.2 Å². The van der Waals surface area contributed by atoms with Crippen molar-refractivity contribution in [2.75, 3.05) is 27.8 Å². The van der Waals surface area contributed by atoms with E-state index in [0.29, 0.717) is 24.5 Å². The van der Waals surface area contributed by atoms with E-state index >= 15 is 0 Å². The molecule has 128 valence electrons. The highest BCUT2D eigenvalue weighted by atomic mass is 16.5. The Morgan fingerprint density at radius 1 is 1.12 bits per heavy atom. The highest BCUT2D eigenvalue weighted by molar-refractivity contribution is 5.75. The Labute approximate surface area is 141 Å². The molecule has 0 N–H and O–H groups in total. The summed E-state index contributed by atoms with van der Waals surface area (Å²) < 4.78 is 11.9. The lowest BCUT2D eigenvalue weighted by Crippen LogP contribution is -2.34. The molecule has 0 unspecified atom stereocenters. The molecule has 6 heteroatoms. The summed E-state index contributed by atoms with van der Waals surface area (Å²) in [5.41, 5.74) is 0.864. The van der Waals surface area contributed by atoms with Crippen LogP contribution >= 0.6 is 0 Å². The van der Waals surface area contributed by atoms with E-state index in [1.807, 2.05) is 18.2 Å². The summed E-state index contributed by atoms with van der Waals surface area (Å²) in [4.78, 5) is 25.5. The number of amides is 1. The van der Waals surface area contributed by atoms with E-state index in [1.54, 1.807) is 44.5 Å². The Kier molecular flexibility index (Phi) is 6.01. The summed E-state index contributed by atoms with van der Waals surface area (Å²) in [6.07, 6.45) is 2.30. The molecule has 6 nitrogen and oxygen atoms in total. The number of carbonyl (C=O) groups is 1. The van der Waals surface area contributed by atoms with Gasteiger partial charge in [-0.1, -0.05) is 12.1 Å². The monoisotopic (exact) mass is 330 g/mol. The van der Waals surface area contributed by atoms with E-state index in [2.05, 4.69) is 0 Å². The lowest BCUT2D eigenvalue weighted by Gasteiger charge is -2.18. The van der Waals surface area contributed by atoms with Crippen LogP contribution in [0.2, 0.25) is 0 Å². The Morgan fingerprint density at radius 2 is 1.88 bits per heavy atom. The second-order valence-corrected chi connectivity index (χ2v) is 5.42. The molecule has 1 aromatic carbocycles. The van der Waals surface area contributed by atoms with Gasteiger partial charge in [0.05, 0.1) is 14.2 Å². The fourth-order valence-electron chi connectivity index (χ4n) is 2.32. The Hall–Kier alpha value is -2.76. The zero-order valence-corrected chi connectivity index (χ0v) is 14.2. The standard InChI is InChI=1S/C18H22N2O4/c1-19(18(22)13-20-10-5-4-6-17(20)21)11-9-14-7-8-15(23-2)16(12-14)24-3/h4-8,10,12H,9,11,13H2,1-3H3. The van der Waals surface area contributed by atoms with Gasteiger partial charge < -0.3 is 18.9 Å². The highest BCUT2D eigenvalue weighted by Crippen LogP contribution is 2.27. The van der Waals surface area contributed by atoms with Gasteiger partial charge in [-0.05, 0) is 30.2 Å². The second kappa shape index (κ2) is 8.19. The third kappa shape index (κ3) is 4.38. The number of benzene rings is 1. The molecule has 0 aliphatic rings. The van der Waals surface area contributed by atoms with Crippen LogP contribution < -0.4 is 15.0 Å². The van der Waals surface area contributed by atoms with Gasteiger partial charge >= 0.3 is 0 Å². The van der Waals surface area contributed by atoms with Crippen LogP contribution in [0.3, 0.4) is 0 Å². The van der Waals surface area contributed by atoms with Gasteiger partial charge in [0.1, 0.15) is 6.54 Å². The zero-order valence-electron chi connectivity index (χ0n) is 14.2. The van der Waals surface area contributed by atoms with E-state index < -0.39 is 0 Å². The van der Waals surface area contributed by atoms with Crippen LogP contribution in [0, 0.1) is 0 Å². The van der Waals surface area contributed by atoms with E-state index in [-0.39, 0.29) is 18.0 Å². The van der Waals surface area contributed by atoms with Gasteiger partial charge in [0.2, 0.25) is 5.91 Å². The van der Waals surface area contributed by atoms with Crippen LogP contribution in [0.25, 0.3) is 0 Å². The molecule has 2 rings (SSSR count). The highest BCUT2D eigenvalue weighted by Gasteiger charge is 2.11. The first kappa shape index (κ1) is 17.6. The molecule has 1 aromatic heterocycles. The summed E-state index contributed by atoms with van der Waals surface area (Å²) in [7, 11) is 4.92. The van der Waals surface area contributed by atoms with Crippen molar-refractivity contribution in [1.82, 2.24) is 9.47 Å². The maximum atomic E-state index is 12.2. The maximum absolute atomic E-state index is 12.2. The molecule has 0 spiro atoms. The summed E-state index contributed by atoms with van der Waals surface area (Å²) >= 11 is 0. The number of hydrogen-bond acceptors (Lipinski definition) is 4. The smallest absolute Gasteiger partial charge is 0.250 e. The van der Waals surface area contributed by atoms with Crippen molar-refractivity contribution < 1.29 is 14.3 Å². The molecule has 1 amide bonds. The fourth-order valence-corrected chi connectivity index (χ4v) is 2.32. The van der Waals surface area contributed by atoms with Crippen molar-refractivity contribution in [2.24, 2.45) is 0 Å². The quantitative estimate of drug-likeness (QED) is 0.773. The molecular weight excluding hydrogens is 308 g/mol. The Morgan fingerprint density at radius 3 is 2.54 bits per heavy atom. The van der Waals surface area contributed by atoms with E-state index in [0.717, 1.165) is 5.56 Å². The van der Waals surface area contributed by atoms with Crippen molar-refractivity contribution in [3.63, 3.8) is 0 Å². The van der Waals surface area contributed by atoms with Gasteiger partial charge in [-0.15, -0.1) is 0 Å².